The van der Waals surface area contributed by atoms with Crippen LogP contribution in [0, 0.1) is 11.1 Å². The van der Waals surface area contributed by atoms with Crippen molar-refractivity contribution in [2.45, 2.75) is 50.7 Å². The third kappa shape index (κ3) is 3.70. The Morgan fingerprint density at radius 2 is 2.00 bits per heavy atom. The van der Waals surface area contributed by atoms with E-state index in [-0.39, 0.29) is 10.4 Å². The summed E-state index contributed by atoms with van der Waals surface area (Å²) in [5, 5.41) is 12.3. The van der Waals surface area contributed by atoms with Gasteiger partial charge in [0.1, 0.15) is 5.37 Å². The first kappa shape index (κ1) is 15.5. The van der Waals surface area contributed by atoms with Crippen molar-refractivity contribution in [3.05, 3.63) is 5.21 Å². The van der Waals surface area contributed by atoms with Gasteiger partial charge in [0, 0.05) is 6.61 Å². The lowest BCUT2D eigenvalue weighted by Gasteiger charge is -2.46. The van der Waals surface area contributed by atoms with Crippen LogP contribution >= 0.6 is 11.8 Å². The lowest BCUT2D eigenvalue weighted by atomic mass is 9.99. The van der Waals surface area contributed by atoms with Gasteiger partial charge in [-0.25, -0.2) is 0 Å². The van der Waals surface area contributed by atoms with E-state index < -0.39 is 8.32 Å². The molecule has 0 amide bonds. The Balaban J connectivity index is 2.29. The summed E-state index contributed by atoms with van der Waals surface area (Å²) in [5.41, 5.74) is 0. The molecule has 102 valence electrons. The highest BCUT2D eigenvalue weighted by Crippen LogP contribution is 2.36. The molecule has 3 nitrogen and oxygen atoms in total. The fourth-order valence-corrected chi connectivity index (χ4v) is 3.88. The minimum Gasteiger partial charge on any atom is -0.633 e. The van der Waals surface area contributed by atoms with Crippen LogP contribution in [0.15, 0.2) is 0 Å². The Morgan fingerprint density at radius 1 is 1.41 bits per heavy atom. The molecule has 1 heterocycles. The zero-order valence-electron chi connectivity index (χ0n) is 12.0. The minimum absolute atomic E-state index is 0.248. The SMILES string of the molecule is CS[C@@H]1[C@@H](CCO[Si](C)(C)C(C)(C)C)C[NH+]1[O-]. The van der Waals surface area contributed by atoms with Crippen molar-refractivity contribution in [2.75, 3.05) is 19.4 Å². The number of rotatable bonds is 5. The molecule has 1 aliphatic heterocycles. The van der Waals surface area contributed by atoms with Gasteiger partial charge in [-0.2, -0.15) is 0 Å². The van der Waals surface area contributed by atoms with E-state index in [9.17, 15) is 5.21 Å². The normalized spacial score (nSPS) is 30.2. The van der Waals surface area contributed by atoms with E-state index in [1.165, 1.54) is 0 Å². The largest absolute Gasteiger partial charge is 0.633 e. The van der Waals surface area contributed by atoms with Gasteiger partial charge < -0.3 is 14.7 Å². The zero-order valence-corrected chi connectivity index (χ0v) is 13.8. The van der Waals surface area contributed by atoms with Crippen LogP contribution in [0.25, 0.3) is 0 Å². The Kier molecular flexibility index (Phi) is 5.12. The lowest BCUT2D eigenvalue weighted by Crippen LogP contribution is -3.19. The van der Waals surface area contributed by atoms with Crippen molar-refractivity contribution in [1.82, 2.24) is 0 Å². The molecule has 1 fully saturated rings. The van der Waals surface area contributed by atoms with Gasteiger partial charge >= 0.3 is 0 Å². The first-order valence-corrected chi connectivity index (χ1v) is 10.6. The molecule has 0 radical (unpaired) electrons. The van der Waals surface area contributed by atoms with Crippen molar-refractivity contribution in [3.8, 4) is 0 Å². The predicted molar refractivity (Wildman–Crippen MR) is 77.8 cm³/mol. The fourth-order valence-electron chi connectivity index (χ4n) is 1.84. The Labute approximate surface area is 111 Å². The van der Waals surface area contributed by atoms with Gasteiger partial charge in [-0.05, 0) is 30.8 Å². The van der Waals surface area contributed by atoms with E-state index in [1.807, 2.05) is 6.26 Å². The summed E-state index contributed by atoms with van der Waals surface area (Å²) in [6.45, 7) is 12.9. The molecule has 1 rings (SSSR count). The molecule has 0 aromatic heterocycles. The average Bonchev–Trinajstić information content (AvgIpc) is 2.14. The highest BCUT2D eigenvalue weighted by molar-refractivity contribution is 7.99. The maximum atomic E-state index is 11.3. The van der Waals surface area contributed by atoms with E-state index in [0.29, 0.717) is 11.0 Å². The van der Waals surface area contributed by atoms with Gasteiger partial charge in [0.25, 0.3) is 0 Å². The van der Waals surface area contributed by atoms with Crippen LogP contribution < -0.4 is 5.06 Å². The van der Waals surface area contributed by atoms with Crippen LogP contribution in [0.1, 0.15) is 27.2 Å². The number of nitrogens with one attached hydrogen (secondary N) is 1. The van der Waals surface area contributed by atoms with Crippen molar-refractivity contribution in [2.24, 2.45) is 5.92 Å². The summed E-state index contributed by atoms with van der Waals surface area (Å²) in [6.07, 6.45) is 3.08. The van der Waals surface area contributed by atoms with Crippen molar-refractivity contribution >= 4 is 20.1 Å². The van der Waals surface area contributed by atoms with Crippen molar-refractivity contribution in [3.63, 3.8) is 0 Å². The molecule has 0 aliphatic carbocycles. The maximum Gasteiger partial charge on any atom is 0.191 e. The summed E-state index contributed by atoms with van der Waals surface area (Å²) in [7, 11) is -1.60. The highest BCUT2D eigenvalue weighted by Gasteiger charge is 2.40. The second-order valence-corrected chi connectivity index (χ2v) is 12.3. The van der Waals surface area contributed by atoms with E-state index >= 15 is 0 Å². The average molecular weight is 278 g/mol. The van der Waals surface area contributed by atoms with E-state index in [2.05, 4.69) is 33.9 Å². The molecule has 0 aromatic carbocycles. The van der Waals surface area contributed by atoms with Crippen LogP contribution in [0.5, 0.6) is 0 Å². The summed E-state index contributed by atoms with van der Waals surface area (Å²) in [5.74, 6) is 0.558. The van der Waals surface area contributed by atoms with E-state index in [4.69, 9.17) is 4.43 Å². The Hall–Kier alpha value is 0.447. The van der Waals surface area contributed by atoms with Gasteiger partial charge in [-0.3, -0.25) is 0 Å². The van der Waals surface area contributed by atoms with E-state index in [1.54, 1.807) is 11.8 Å². The standard InChI is InChI=1S/C12H27NO2SSi/c1-12(2,3)17(5,6)15-8-7-10-9-13(14)11(10)16-4/h10-11,13H,7-9H2,1-6H3/t10-,11+/m0/s1. The molecule has 0 bridgehead atoms. The van der Waals surface area contributed by atoms with Crippen LogP contribution in [0.4, 0.5) is 0 Å². The smallest absolute Gasteiger partial charge is 0.191 e. The number of quaternary nitrogens is 1. The Morgan fingerprint density at radius 3 is 2.41 bits per heavy atom. The number of thioether (sulfide) groups is 1. The summed E-state index contributed by atoms with van der Waals surface area (Å²) >= 11 is 1.70. The molecule has 3 atom stereocenters. The van der Waals surface area contributed by atoms with Gasteiger partial charge in [0.2, 0.25) is 0 Å². The van der Waals surface area contributed by atoms with Crippen molar-refractivity contribution in [1.29, 1.82) is 0 Å². The third-order valence-corrected chi connectivity index (χ3v) is 9.91. The fraction of sp³-hybridized carbons (Fsp3) is 1.00. The monoisotopic (exact) mass is 277 g/mol. The number of hydroxylamine groups is 2. The van der Waals surface area contributed by atoms with Crippen LogP contribution in [-0.4, -0.2) is 33.1 Å². The molecule has 0 saturated carbocycles. The molecule has 0 aromatic rings. The lowest BCUT2D eigenvalue weighted by molar-refractivity contribution is -0.915. The molecule has 1 unspecified atom stereocenters. The molecule has 1 saturated heterocycles. The van der Waals surface area contributed by atoms with Gasteiger partial charge in [-0.15, -0.1) is 11.8 Å². The topological polar surface area (TPSA) is 36.7 Å². The summed E-state index contributed by atoms with van der Waals surface area (Å²) < 4.78 is 6.15. The second kappa shape index (κ2) is 5.61. The summed E-state index contributed by atoms with van der Waals surface area (Å²) in [6, 6.07) is 0. The quantitative estimate of drug-likeness (QED) is 0.617. The van der Waals surface area contributed by atoms with Gasteiger partial charge in [0.15, 0.2) is 8.32 Å². The molecule has 1 aliphatic rings. The molecule has 17 heavy (non-hydrogen) atoms. The van der Waals surface area contributed by atoms with Crippen molar-refractivity contribution < 1.29 is 9.49 Å². The number of hydrogen-bond donors (Lipinski definition) is 1. The van der Waals surface area contributed by atoms with Crippen LogP contribution in [-0.2, 0) is 4.43 Å². The molecular weight excluding hydrogens is 250 g/mol. The van der Waals surface area contributed by atoms with Crippen LogP contribution in [0.3, 0.4) is 0 Å². The maximum absolute atomic E-state index is 11.3. The van der Waals surface area contributed by atoms with Gasteiger partial charge in [0.05, 0.1) is 12.5 Å². The molecule has 1 N–H and O–H groups in total. The van der Waals surface area contributed by atoms with Gasteiger partial charge in [-0.1, -0.05) is 20.8 Å². The molecular formula is C12H27NO2SSi. The van der Waals surface area contributed by atoms with Crippen LogP contribution in [0.2, 0.25) is 18.1 Å². The number of hydrogen-bond acceptors (Lipinski definition) is 3. The third-order valence-electron chi connectivity index (χ3n) is 4.22. The summed E-state index contributed by atoms with van der Waals surface area (Å²) in [4.78, 5) is 0. The second-order valence-electron chi connectivity index (χ2n) is 6.48. The zero-order chi connectivity index (χ0) is 13.3. The first-order valence-electron chi connectivity index (χ1n) is 6.38. The Bertz CT molecular complexity index is 255. The molecule has 5 heteroatoms. The van der Waals surface area contributed by atoms with E-state index in [0.717, 1.165) is 19.6 Å². The minimum atomic E-state index is -1.60. The highest BCUT2D eigenvalue weighted by atomic mass is 32.2. The molecule has 0 spiro atoms. The first-order chi connectivity index (χ1) is 7.69. The predicted octanol–water partition coefficient (Wildman–Crippen LogP) is 2.10.